The van der Waals surface area contributed by atoms with Crippen LogP contribution in [0.5, 0.6) is 0 Å². The first kappa shape index (κ1) is 38.3. The van der Waals surface area contributed by atoms with Crippen LogP contribution in [0.2, 0.25) is 0 Å². The number of nitrogens with one attached hydrogen (secondary N) is 2. The predicted molar refractivity (Wildman–Crippen MR) is 160 cm³/mol. The summed E-state index contributed by atoms with van der Waals surface area (Å²) in [4.78, 5) is 29.8. The molecule has 9 N–H and O–H groups in total. The molecule has 17 heteroatoms. The largest absolute Gasteiger partial charge is 0.550 e. The molecule has 0 saturated carbocycles. The molecule has 0 aromatic heterocycles. The van der Waals surface area contributed by atoms with Crippen LogP contribution in [0.1, 0.15) is 13.8 Å². The fraction of sp³-hybridized carbons (Fsp3) is 0.700. The number of carbonyl (C=O) groups excluding carboxylic acids is 2. The van der Waals surface area contributed by atoms with Crippen LogP contribution in [-0.4, -0.2) is 139 Å². The summed E-state index contributed by atoms with van der Waals surface area (Å²) in [5.74, 6) is -8.11. The maximum absolute atomic E-state index is 12.9. The van der Waals surface area contributed by atoms with E-state index in [0.29, 0.717) is 6.54 Å². The van der Waals surface area contributed by atoms with Crippen molar-refractivity contribution >= 4 is 17.9 Å². The molecule has 11 unspecified atom stereocenters. The molecule has 3 aliphatic rings. The van der Waals surface area contributed by atoms with Gasteiger partial charge in [0.25, 0.3) is 0 Å². The van der Waals surface area contributed by atoms with Crippen molar-refractivity contribution in [3.63, 3.8) is 0 Å². The summed E-state index contributed by atoms with van der Waals surface area (Å²) in [5.41, 5.74) is 6.00. The Morgan fingerprint density at radius 2 is 1.98 bits per heavy atom. The third kappa shape index (κ3) is 8.87. The Balaban J connectivity index is 2.01. The Hall–Kier alpha value is -3.13. The zero-order valence-corrected chi connectivity index (χ0v) is 26.9. The number of aliphatic carboxylic acids is 1. The second kappa shape index (κ2) is 16.8. The van der Waals surface area contributed by atoms with E-state index < -0.39 is 91.0 Å². The lowest BCUT2D eigenvalue weighted by atomic mass is 9.79. The molecule has 0 radical (unpaired) electrons. The smallest absolute Gasteiger partial charge is 0.337 e. The van der Waals surface area contributed by atoms with E-state index in [1.54, 1.807) is 26.0 Å². The van der Waals surface area contributed by atoms with Gasteiger partial charge in [-0.05, 0) is 13.8 Å². The molecular weight excluding hydrogens is 624 g/mol. The van der Waals surface area contributed by atoms with Crippen molar-refractivity contribution in [3.05, 3.63) is 36.6 Å². The number of ether oxygens (including phenoxy) is 5. The molecule has 0 bridgehead atoms. The molecule has 0 amide bonds. The highest BCUT2D eigenvalue weighted by Crippen LogP contribution is 2.38. The zero-order chi connectivity index (χ0) is 35.1. The molecule has 2 fully saturated rings. The highest BCUT2D eigenvalue weighted by Gasteiger charge is 2.57. The number of aliphatic imine (C=N–C) groups is 1. The van der Waals surface area contributed by atoms with Crippen molar-refractivity contribution in [2.24, 2.45) is 34.4 Å². The molecule has 266 valence electrons. The molecule has 0 aromatic rings. The number of aliphatic hydroxyl groups is 5. The number of guanidine groups is 1. The van der Waals surface area contributed by atoms with E-state index in [4.69, 9.17) is 29.4 Å². The summed E-state index contributed by atoms with van der Waals surface area (Å²) < 4.78 is 28.1. The van der Waals surface area contributed by atoms with Crippen molar-refractivity contribution in [2.75, 3.05) is 47.0 Å². The first-order valence-electron chi connectivity index (χ1n) is 15.3. The van der Waals surface area contributed by atoms with E-state index in [0.717, 1.165) is 11.2 Å². The van der Waals surface area contributed by atoms with E-state index >= 15 is 0 Å². The highest BCUT2D eigenvalue weighted by atomic mass is 16.8. The number of nitrogens with two attached hydrogens (primary N) is 1. The van der Waals surface area contributed by atoms with Gasteiger partial charge in [-0.2, -0.15) is 0 Å². The normalized spacial score (nSPS) is 36.0. The van der Waals surface area contributed by atoms with Gasteiger partial charge in [-0.25, -0.2) is 4.79 Å². The molecule has 0 spiro atoms. The molecule has 2 saturated heterocycles. The number of esters is 1. The summed E-state index contributed by atoms with van der Waals surface area (Å²) in [7, 11) is 2.64. The number of quaternary nitrogens is 1. The van der Waals surface area contributed by atoms with Gasteiger partial charge >= 0.3 is 5.97 Å². The van der Waals surface area contributed by atoms with Crippen LogP contribution in [0.4, 0.5) is 0 Å². The van der Waals surface area contributed by atoms with Gasteiger partial charge in [0.05, 0.1) is 75.2 Å². The number of methoxy groups -OCH3 is 1. The van der Waals surface area contributed by atoms with Gasteiger partial charge in [0, 0.05) is 18.9 Å². The van der Waals surface area contributed by atoms with E-state index in [2.05, 4.69) is 16.9 Å². The molecule has 3 heterocycles. The molecule has 17 nitrogen and oxygen atoms in total. The molecule has 3 aliphatic heterocycles. The van der Waals surface area contributed by atoms with Crippen molar-refractivity contribution in [1.29, 1.82) is 0 Å². The average Bonchev–Trinajstić information content (AvgIpc) is 3.03. The summed E-state index contributed by atoms with van der Waals surface area (Å²) in [5, 5.41) is 66.5. The fourth-order valence-corrected chi connectivity index (χ4v) is 6.16. The Bertz CT molecular complexity index is 1180. The van der Waals surface area contributed by atoms with Gasteiger partial charge in [-0.1, -0.05) is 18.2 Å². The topological polar surface area (TPSA) is 259 Å². The zero-order valence-electron chi connectivity index (χ0n) is 26.9. The van der Waals surface area contributed by atoms with E-state index in [1.165, 1.54) is 20.2 Å². The number of hydrogen-bond acceptors (Lipinski definition) is 14. The van der Waals surface area contributed by atoms with Crippen molar-refractivity contribution in [1.82, 2.24) is 5.32 Å². The number of carboxylic acid groups (broad SMARTS) is 1. The number of hydrogen-bond donors (Lipinski definition) is 8. The molecule has 11 atom stereocenters. The first-order valence-corrected chi connectivity index (χ1v) is 15.3. The SMILES string of the molecule is C=CC1C(OC2OC(CO)C(O)C(O)(O)C2OC(C)C)OC=C(C(=O)OC)C1C=CC1C[NH+](CCO)CC(C(=O)[O-])C1NC(N)=NC. The first-order chi connectivity index (χ1) is 22.2. The van der Waals surface area contributed by atoms with Crippen LogP contribution in [0, 0.1) is 23.7 Å². The summed E-state index contributed by atoms with van der Waals surface area (Å²) in [6, 6.07) is -0.754. The number of likely N-dealkylation sites (tertiary alicyclic amines) is 1. The summed E-state index contributed by atoms with van der Waals surface area (Å²) >= 11 is 0. The van der Waals surface area contributed by atoms with Crippen molar-refractivity contribution in [2.45, 2.75) is 62.7 Å². The van der Waals surface area contributed by atoms with Crippen LogP contribution < -0.4 is 21.1 Å². The molecule has 47 heavy (non-hydrogen) atoms. The fourth-order valence-electron chi connectivity index (χ4n) is 6.16. The van der Waals surface area contributed by atoms with E-state index in [-0.39, 0.29) is 31.2 Å². The Labute approximate surface area is 272 Å². The number of piperidine rings is 1. The lowest BCUT2D eigenvalue weighted by molar-refractivity contribution is -0.911. The standard InChI is InChI=1S/C30H48N4O13/c1-6-17-18(8-7-16-11-34(9-10-35)12-19(25(38)39)22(16)33-29(31)32-4)20(26(40)43-5)14-44-27(17)47-28-24(45-15(2)3)30(41,42)23(37)21(13-36)46-28/h6-8,14-19,21-24,27-28,35-37,41-42H,1,9-13H2,2-5H3,(H,38,39)(H3,31,32,33). The molecular formula is C30H48N4O13. The minimum atomic E-state index is -2.89. The molecule has 0 aliphatic carbocycles. The van der Waals surface area contributed by atoms with Gasteiger partial charge < -0.3 is 75.1 Å². The van der Waals surface area contributed by atoms with E-state index in [9.17, 15) is 40.2 Å². The minimum Gasteiger partial charge on any atom is -0.550 e. The monoisotopic (exact) mass is 672 g/mol. The van der Waals surface area contributed by atoms with Gasteiger partial charge in [0.1, 0.15) is 18.8 Å². The number of rotatable bonds is 13. The number of carboxylic acids is 1. The third-order valence-electron chi connectivity index (χ3n) is 8.56. The second-order valence-corrected chi connectivity index (χ2v) is 12.0. The molecule has 3 rings (SSSR count). The number of carbonyl (C=O) groups is 2. The number of nitrogens with zero attached hydrogens (tertiary/aromatic N) is 1. The van der Waals surface area contributed by atoms with E-state index in [1.807, 2.05) is 0 Å². The van der Waals surface area contributed by atoms with Crippen LogP contribution in [-0.2, 0) is 33.3 Å². The lowest BCUT2D eigenvalue weighted by Gasteiger charge is -2.48. The van der Waals surface area contributed by atoms with Crippen molar-refractivity contribution in [3.8, 4) is 0 Å². The second-order valence-electron chi connectivity index (χ2n) is 12.0. The highest BCUT2D eigenvalue weighted by molar-refractivity contribution is 5.89. The third-order valence-corrected chi connectivity index (χ3v) is 8.56. The predicted octanol–water partition coefficient (Wildman–Crippen LogP) is -5.28. The number of aliphatic hydroxyl groups excluding tert-OH is 3. The van der Waals surface area contributed by atoms with Crippen LogP contribution in [0.3, 0.4) is 0 Å². The average molecular weight is 673 g/mol. The molecule has 0 aromatic carbocycles. The number of allylic oxidation sites excluding steroid dienone is 1. The Morgan fingerprint density at radius 1 is 1.28 bits per heavy atom. The maximum Gasteiger partial charge on any atom is 0.337 e. The Kier molecular flexibility index (Phi) is 13.7. The quantitative estimate of drug-likeness (QED) is 0.0299. The lowest BCUT2D eigenvalue weighted by Crippen LogP contribution is -3.16. The van der Waals surface area contributed by atoms with Crippen LogP contribution in [0.15, 0.2) is 41.6 Å². The minimum absolute atomic E-state index is 0.0182. The maximum atomic E-state index is 12.9. The summed E-state index contributed by atoms with van der Waals surface area (Å²) in [6.45, 7) is 7.01. The van der Waals surface area contributed by atoms with Gasteiger partial charge in [-0.3, -0.25) is 4.99 Å². The summed E-state index contributed by atoms with van der Waals surface area (Å²) in [6.07, 6.45) is -2.53. The van der Waals surface area contributed by atoms with Gasteiger partial charge in [0.15, 0.2) is 18.4 Å². The van der Waals surface area contributed by atoms with Crippen LogP contribution in [0.25, 0.3) is 0 Å². The van der Waals surface area contributed by atoms with Crippen LogP contribution >= 0.6 is 0 Å². The Morgan fingerprint density at radius 3 is 2.53 bits per heavy atom. The van der Waals surface area contributed by atoms with Gasteiger partial charge in [-0.15, -0.1) is 6.58 Å². The van der Waals surface area contributed by atoms with Gasteiger partial charge in [0.2, 0.25) is 12.1 Å². The van der Waals surface area contributed by atoms with Crippen molar-refractivity contribution < 1.29 is 68.8 Å².